The largest absolute Gasteiger partial charge is 0.486 e. The van der Waals surface area contributed by atoms with E-state index in [9.17, 15) is 19.8 Å². The van der Waals surface area contributed by atoms with Crippen molar-refractivity contribution in [2.24, 2.45) is 5.92 Å². The number of carbonyl (C=O) groups excluding carboxylic acids is 2. The molecule has 8 nitrogen and oxygen atoms in total. The molecule has 3 rings (SSSR count). The third-order valence-corrected chi connectivity index (χ3v) is 6.51. The van der Waals surface area contributed by atoms with E-state index < -0.39 is 36.6 Å². The summed E-state index contributed by atoms with van der Waals surface area (Å²) >= 11 is 2.19. The van der Waals surface area contributed by atoms with Crippen LogP contribution in [0.25, 0.3) is 0 Å². The number of methoxy groups -OCH3 is 1. The molecule has 2 N–H and O–H groups in total. The lowest BCUT2D eigenvalue weighted by molar-refractivity contribution is -0.258. The van der Waals surface area contributed by atoms with Crippen LogP contribution in [0.3, 0.4) is 0 Å². The van der Waals surface area contributed by atoms with Gasteiger partial charge in [0.1, 0.15) is 30.2 Å². The molecule has 3 aliphatic heterocycles. The van der Waals surface area contributed by atoms with Gasteiger partial charge in [0.2, 0.25) is 0 Å². The minimum Gasteiger partial charge on any atom is -0.486 e. The Bertz CT molecular complexity index is 722. The van der Waals surface area contributed by atoms with Gasteiger partial charge >= 0.3 is 5.97 Å². The Morgan fingerprint density at radius 2 is 2.00 bits per heavy atom. The second-order valence-corrected chi connectivity index (χ2v) is 10.1. The van der Waals surface area contributed by atoms with Crippen LogP contribution in [0.5, 0.6) is 0 Å². The molecule has 0 spiro atoms. The standard InChI is InChI=1S/C22H31IO8/c1-11(8-12(2)23)4-5-13(24)9-16-18(26)21-22(31-16)19(27)20-15(30-21)7-6-14(29-20)10-17(25)28-3/h9,11,14-15,18-22,26-27H,2,4-8,10H2,1,3H3/b16-9+/t11-,14?,15+,18?,19?,20+,21?,22?/m1/s1. The predicted octanol–water partition coefficient (Wildman–Crippen LogP) is 2.19. The first-order valence-corrected chi connectivity index (χ1v) is 11.8. The predicted molar refractivity (Wildman–Crippen MR) is 119 cm³/mol. The Kier molecular flexibility index (Phi) is 8.53. The SMILES string of the molecule is C=C(I)C[C@H](C)CCC(=O)/C=C1/OC2C(O[C@H]3CCC(CC(=O)OC)O[C@@H]3C2O)C1O. The number of ketones is 1. The third kappa shape index (κ3) is 6.07. The molecule has 0 aromatic rings. The molecule has 0 radical (unpaired) electrons. The molecular weight excluding hydrogens is 519 g/mol. The van der Waals surface area contributed by atoms with Crippen molar-refractivity contribution in [3.8, 4) is 0 Å². The Labute approximate surface area is 196 Å². The molecule has 3 heterocycles. The summed E-state index contributed by atoms with van der Waals surface area (Å²) in [6, 6.07) is 0. The van der Waals surface area contributed by atoms with Gasteiger partial charge in [0.15, 0.2) is 11.9 Å². The van der Waals surface area contributed by atoms with Gasteiger partial charge in [0, 0.05) is 12.5 Å². The second kappa shape index (κ2) is 10.7. The lowest BCUT2D eigenvalue weighted by atomic mass is 9.88. The molecule has 0 amide bonds. The number of hydrogen-bond donors (Lipinski definition) is 2. The van der Waals surface area contributed by atoms with E-state index in [2.05, 4.69) is 40.8 Å². The van der Waals surface area contributed by atoms with Crippen LogP contribution in [0.1, 0.15) is 45.4 Å². The number of aliphatic hydroxyl groups excluding tert-OH is 2. The molecule has 3 aliphatic rings. The first-order chi connectivity index (χ1) is 14.7. The highest BCUT2D eigenvalue weighted by atomic mass is 127. The summed E-state index contributed by atoms with van der Waals surface area (Å²) in [5.74, 6) is -0.0530. The van der Waals surface area contributed by atoms with Gasteiger partial charge in [-0.2, -0.15) is 0 Å². The monoisotopic (exact) mass is 550 g/mol. The number of fused-ring (bicyclic) bond motifs is 2. The molecule has 8 atom stereocenters. The first-order valence-electron chi connectivity index (χ1n) is 10.7. The van der Waals surface area contributed by atoms with Crippen molar-refractivity contribution in [3.63, 3.8) is 0 Å². The highest BCUT2D eigenvalue weighted by Crippen LogP contribution is 2.40. The van der Waals surface area contributed by atoms with E-state index in [1.54, 1.807) is 0 Å². The molecule has 9 heteroatoms. The van der Waals surface area contributed by atoms with E-state index in [-0.39, 0.29) is 30.0 Å². The van der Waals surface area contributed by atoms with Gasteiger partial charge in [-0.15, -0.1) is 0 Å². The summed E-state index contributed by atoms with van der Waals surface area (Å²) in [7, 11) is 1.32. The number of carbonyl (C=O) groups is 2. The van der Waals surface area contributed by atoms with Crippen molar-refractivity contribution in [2.45, 2.75) is 88.2 Å². The van der Waals surface area contributed by atoms with Gasteiger partial charge in [-0.3, -0.25) is 9.59 Å². The van der Waals surface area contributed by atoms with Crippen LogP contribution in [-0.2, 0) is 28.5 Å². The van der Waals surface area contributed by atoms with Gasteiger partial charge in [0.05, 0.1) is 25.7 Å². The topological polar surface area (TPSA) is 112 Å². The van der Waals surface area contributed by atoms with E-state index in [0.29, 0.717) is 31.6 Å². The molecule has 31 heavy (non-hydrogen) atoms. The average Bonchev–Trinajstić information content (AvgIpc) is 3.02. The fourth-order valence-electron chi connectivity index (χ4n) is 4.42. The summed E-state index contributed by atoms with van der Waals surface area (Å²) in [4.78, 5) is 23.9. The summed E-state index contributed by atoms with van der Waals surface area (Å²) in [6.45, 7) is 5.95. The van der Waals surface area contributed by atoms with E-state index >= 15 is 0 Å². The molecule has 0 bridgehead atoms. The van der Waals surface area contributed by atoms with Gasteiger partial charge in [-0.1, -0.05) is 13.5 Å². The van der Waals surface area contributed by atoms with Crippen LogP contribution < -0.4 is 0 Å². The summed E-state index contributed by atoms with van der Waals surface area (Å²) in [5.41, 5.74) is 0. The Morgan fingerprint density at radius 3 is 2.68 bits per heavy atom. The zero-order valence-electron chi connectivity index (χ0n) is 17.9. The van der Waals surface area contributed by atoms with Crippen molar-refractivity contribution in [3.05, 3.63) is 22.0 Å². The Morgan fingerprint density at radius 1 is 1.26 bits per heavy atom. The third-order valence-electron chi connectivity index (χ3n) is 6.07. The first kappa shape index (κ1) is 24.6. The normalized spacial score (nSPS) is 36.8. The molecule has 3 fully saturated rings. The second-order valence-electron chi connectivity index (χ2n) is 8.62. The van der Waals surface area contributed by atoms with Crippen LogP contribution >= 0.6 is 22.6 Å². The van der Waals surface area contributed by atoms with Crippen LogP contribution in [0.2, 0.25) is 0 Å². The van der Waals surface area contributed by atoms with Gasteiger partial charge in [-0.05, 0) is 57.8 Å². The molecule has 0 aromatic heterocycles. The van der Waals surface area contributed by atoms with E-state index in [0.717, 1.165) is 10.0 Å². The van der Waals surface area contributed by atoms with Crippen molar-refractivity contribution in [1.82, 2.24) is 0 Å². The van der Waals surface area contributed by atoms with Crippen LogP contribution in [-0.4, -0.2) is 71.8 Å². The van der Waals surface area contributed by atoms with Crippen molar-refractivity contribution < 1.29 is 38.7 Å². The molecule has 5 unspecified atom stereocenters. The van der Waals surface area contributed by atoms with Gasteiger partial charge in [0.25, 0.3) is 0 Å². The van der Waals surface area contributed by atoms with Gasteiger partial charge < -0.3 is 29.2 Å². The van der Waals surface area contributed by atoms with E-state index in [1.807, 2.05) is 0 Å². The van der Waals surface area contributed by atoms with Crippen LogP contribution in [0, 0.1) is 5.92 Å². The minimum atomic E-state index is -1.12. The Hall–Kier alpha value is -1.01. The highest BCUT2D eigenvalue weighted by Gasteiger charge is 2.56. The van der Waals surface area contributed by atoms with Crippen molar-refractivity contribution >= 4 is 34.3 Å². The maximum atomic E-state index is 12.4. The van der Waals surface area contributed by atoms with E-state index in [4.69, 9.17) is 14.2 Å². The fraction of sp³-hybridized carbons (Fsp3) is 0.727. The molecular formula is C22H31IO8. The molecule has 3 saturated heterocycles. The summed E-state index contributed by atoms with van der Waals surface area (Å²) in [5, 5.41) is 21.5. The fourth-order valence-corrected chi connectivity index (χ4v) is 5.17. The zero-order chi connectivity index (χ0) is 22.7. The maximum absolute atomic E-state index is 12.4. The number of rotatable bonds is 8. The number of aliphatic hydroxyl groups is 2. The average molecular weight is 550 g/mol. The zero-order valence-corrected chi connectivity index (χ0v) is 20.0. The highest BCUT2D eigenvalue weighted by molar-refractivity contribution is 14.1. The van der Waals surface area contributed by atoms with E-state index in [1.165, 1.54) is 13.2 Å². The van der Waals surface area contributed by atoms with Crippen molar-refractivity contribution in [1.29, 1.82) is 0 Å². The summed E-state index contributed by atoms with van der Waals surface area (Å²) < 4.78 is 23.4. The number of hydrogen-bond acceptors (Lipinski definition) is 8. The molecule has 0 aliphatic carbocycles. The smallest absolute Gasteiger partial charge is 0.308 e. The lowest BCUT2D eigenvalue weighted by Crippen LogP contribution is -2.61. The number of esters is 1. The summed E-state index contributed by atoms with van der Waals surface area (Å²) in [6.07, 6.45) is -0.738. The maximum Gasteiger partial charge on any atom is 0.308 e. The van der Waals surface area contributed by atoms with Crippen LogP contribution in [0.4, 0.5) is 0 Å². The molecule has 0 aromatic carbocycles. The Balaban J connectivity index is 1.60. The number of halogens is 1. The van der Waals surface area contributed by atoms with Crippen LogP contribution in [0.15, 0.2) is 22.0 Å². The number of allylic oxidation sites excluding steroid dienone is 2. The minimum absolute atomic E-state index is 0.104. The lowest BCUT2D eigenvalue weighted by Gasteiger charge is -2.45. The molecule has 174 valence electrons. The van der Waals surface area contributed by atoms with Gasteiger partial charge in [-0.25, -0.2) is 0 Å². The van der Waals surface area contributed by atoms with Crippen molar-refractivity contribution in [2.75, 3.05) is 7.11 Å². The molecule has 0 saturated carbocycles. The quantitative estimate of drug-likeness (QED) is 0.269. The number of ether oxygens (including phenoxy) is 4.